The summed E-state index contributed by atoms with van der Waals surface area (Å²) in [5, 5.41) is 2.72. The van der Waals surface area contributed by atoms with Crippen LogP contribution in [0.2, 0.25) is 0 Å². The highest BCUT2D eigenvalue weighted by Gasteiger charge is 2.27. The summed E-state index contributed by atoms with van der Waals surface area (Å²) in [7, 11) is -3.80. The molecule has 0 spiro atoms. The van der Waals surface area contributed by atoms with Gasteiger partial charge in [0.25, 0.3) is 0 Å². The Morgan fingerprint density at radius 1 is 1.09 bits per heavy atom. The highest BCUT2D eigenvalue weighted by Crippen LogP contribution is 2.22. The topological polar surface area (TPSA) is 86.8 Å². The van der Waals surface area contributed by atoms with Crippen molar-refractivity contribution in [3.63, 3.8) is 0 Å². The molecule has 0 heterocycles. The van der Waals surface area contributed by atoms with Gasteiger partial charge < -0.3 is 10.2 Å². The maximum atomic E-state index is 13.7. The molecule has 2 rings (SSSR count). The van der Waals surface area contributed by atoms with Gasteiger partial charge >= 0.3 is 0 Å². The molecular formula is C24H31F2N3O4S. The summed E-state index contributed by atoms with van der Waals surface area (Å²) >= 11 is 0. The minimum absolute atomic E-state index is 0.0266. The first-order chi connectivity index (χ1) is 16.0. The van der Waals surface area contributed by atoms with Crippen molar-refractivity contribution < 1.29 is 26.8 Å². The van der Waals surface area contributed by atoms with Crippen LogP contribution in [0.3, 0.4) is 0 Å². The molecule has 0 aliphatic carbocycles. The van der Waals surface area contributed by atoms with Gasteiger partial charge in [-0.05, 0) is 50.5 Å². The Morgan fingerprint density at radius 2 is 1.76 bits per heavy atom. The van der Waals surface area contributed by atoms with Crippen molar-refractivity contribution in [2.45, 2.75) is 46.2 Å². The van der Waals surface area contributed by atoms with E-state index in [-0.39, 0.29) is 43.4 Å². The molecule has 0 aliphatic heterocycles. The standard InChI is InChI=1S/C24H31F2N3O4S/c1-5-27-24(31)18(3)28(16-19-10-7-6-9-17(19)2)23(30)11-8-14-29(34(4,32)33)20-12-13-21(25)22(26)15-20/h6-7,9-10,12-13,15,18H,5,8,11,14,16H2,1-4H3,(H,27,31)/t18-/m0/s1. The molecule has 0 saturated carbocycles. The summed E-state index contributed by atoms with van der Waals surface area (Å²) in [6.07, 6.45) is 1.04. The molecule has 0 fully saturated rings. The number of sulfonamides is 1. The highest BCUT2D eigenvalue weighted by molar-refractivity contribution is 7.92. The monoisotopic (exact) mass is 495 g/mol. The lowest BCUT2D eigenvalue weighted by atomic mass is 10.1. The Hall–Kier alpha value is -3.01. The van der Waals surface area contributed by atoms with Crippen LogP contribution in [0.4, 0.5) is 14.5 Å². The maximum Gasteiger partial charge on any atom is 0.242 e. The van der Waals surface area contributed by atoms with Gasteiger partial charge in [-0.25, -0.2) is 17.2 Å². The third kappa shape index (κ3) is 7.24. The molecule has 2 amide bonds. The number of carbonyl (C=O) groups excluding carboxylic acids is 2. The van der Waals surface area contributed by atoms with Crippen molar-refractivity contribution in [1.82, 2.24) is 10.2 Å². The van der Waals surface area contributed by atoms with Crippen LogP contribution < -0.4 is 9.62 Å². The molecule has 0 saturated heterocycles. The van der Waals surface area contributed by atoms with Crippen LogP contribution in [0.15, 0.2) is 42.5 Å². The fourth-order valence-electron chi connectivity index (χ4n) is 3.52. The van der Waals surface area contributed by atoms with Crippen LogP contribution in [0, 0.1) is 18.6 Å². The summed E-state index contributed by atoms with van der Waals surface area (Å²) in [6.45, 7) is 5.89. The molecule has 7 nitrogen and oxygen atoms in total. The predicted octanol–water partition coefficient (Wildman–Crippen LogP) is 3.37. The largest absolute Gasteiger partial charge is 0.355 e. The fourth-order valence-corrected chi connectivity index (χ4v) is 4.48. The van der Waals surface area contributed by atoms with E-state index >= 15 is 0 Å². The van der Waals surface area contributed by atoms with Crippen molar-refractivity contribution >= 4 is 27.5 Å². The van der Waals surface area contributed by atoms with Gasteiger partial charge in [0.05, 0.1) is 11.9 Å². The maximum absolute atomic E-state index is 13.7. The van der Waals surface area contributed by atoms with E-state index < -0.39 is 27.7 Å². The minimum atomic E-state index is -3.80. The SMILES string of the molecule is CCNC(=O)[C@H](C)N(Cc1ccccc1C)C(=O)CCCN(c1ccc(F)c(F)c1)S(C)(=O)=O. The average molecular weight is 496 g/mol. The Morgan fingerprint density at radius 3 is 2.35 bits per heavy atom. The van der Waals surface area contributed by atoms with Crippen LogP contribution in [-0.2, 0) is 26.2 Å². The summed E-state index contributed by atoms with van der Waals surface area (Å²) in [6, 6.07) is 9.64. The van der Waals surface area contributed by atoms with Gasteiger partial charge in [-0.3, -0.25) is 13.9 Å². The number of rotatable bonds is 11. The zero-order chi connectivity index (χ0) is 25.5. The van der Waals surface area contributed by atoms with E-state index in [0.29, 0.717) is 6.54 Å². The van der Waals surface area contributed by atoms with Crippen LogP contribution in [-0.4, -0.2) is 50.5 Å². The smallest absolute Gasteiger partial charge is 0.242 e. The zero-order valence-electron chi connectivity index (χ0n) is 19.8. The molecule has 0 aromatic heterocycles. The number of amides is 2. The van der Waals surface area contributed by atoms with Gasteiger partial charge in [0, 0.05) is 32.1 Å². The first kappa shape index (κ1) is 27.2. The number of carbonyl (C=O) groups is 2. The summed E-state index contributed by atoms with van der Waals surface area (Å²) in [5.41, 5.74) is 1.85. The Bertz CT molecular complexity index is 1120. The normalized spacial score (nSPS) is 12.2. The molecule has 0 bridgehead atoms. The van der Waals surface area contributed by atoms with Gasteiger partial charge in [0.15, 0.2) is 11.6 Å². The second kappa shape index (κ2) is 11.9. The van der Waals surface area contributed by atoms with Gasteiger partial charge in [0.1, 0.15) is 6.04 Å². The van der Waals surface area contributed by atoms with Crippen molar-refractivity contribution in [2.75, 3.05) is 23.7 Å². The molecule has 2 aromatic rings. The quantitative estimate of drug-likeness (QED) is 0.518. The molecule has 1 atom stereocenters. The molecule has 1 N–H and O–H groups in total. The van der Waals surface area contributed by atoms with Crippen LogP contribution in [0.5, 0.6) is 0 Å². The molecule has 2 aromatic carbocycles. The number of nitrogens with zero attached hydrogens (tertiary/aromatic N) is 2. The molecule has 0 unspecified atom stereocenters. The van der Waals surface area contributed by atoms with E-state index in [1.165, 1.54) is 11.0 Å². The van der Waals surface area contributed by atoms with Crippen LogP contribution in [0.1, 0.15) is 37.8 Å². The summed E-state index contributed by atoms with van der Waals surface area (Å²) in [4.78, 5) is 27.1. The van der Waals surface area contributed by atoms with E-state index in [9.17, 15) is 26.8 Å². The molecule has 0 aliphatic rings. The predicted molar refractivity (Wildman–Crippen MR) is 128 cm³/mol. The second-order valence-corrected chi connectivity index (χ2v) is 9.96. The lowest BCUT2D eigenvalue weighted by Crippen LogP contribution is -2.47. The van der Waals surface area contributed by atoms with Crippen molar-refractivity contribution in [1.29, 1.82) is 0 Å². The van der Waals surface area contributed by atoms with Crippen LogP contribution in [0.25, 0.3) is 0 Å². The van der Waals surface area contributed by atoms with E-state index in [1.54, 1.807) is 13.8 Å². The third-order valence-corrected chi connectivity index (χ3v) is 6.66. The van der Waals surface area contributed by atoms with Gasteiger partial charge in [-0.1, -0.05) is 24.3 Å². The lowest BCUT2D eigenvalue weighted by Gasteiger charge is -2.30. The molecule has 186 valence electrons. The molecule has 10 heteroatoms. The number of aryl methyl sites for hydroxylation is 1. The summed E-state index contributed by atoms with van der Waals surface area (Å²) < 4.78 is 52.4. The first-order valence-electron chi connectivity index (χ1n) is 11.0. The molecular weight excluding hydrogens is 464 g/mol. The number of nitrogens with one attached hydrogen (secondary N) is 1. The average Bonchev–Trinajstić information content (AvgIpc) is 2.77. The number of likely N-dealkylation sites (N-methyl/N-ethyl adjacent to an activating group) is 1. The van der Waals surface area contributed by atoms with Crippen LogP contribution >= 0.6 is 0 Å². The third-order valence-electron chi connectivity index (χ3n) is 5.46. The number of halogens is 2. The lowest BCUT2D eigenvalue weighted by molar-refractivity contribution is -0.140. The van der Waals surface area contributed by atoms with E-state index in [2.05, 4.69) is 5.32 Å². The van der Waals surface area contributed by atoms with Gasteiger partial charge in [-0.15, -0.1) is 0 Å². The number of benzene rings is 2. The van der Waals surface area contributed by atoms with Crippen molar-refractivity contribution in [3.05, 3.63) is 65.2 Å². The van der Waals surface area contributed by atoms with E-state index in [0.717, 1.165) is 33.8 Å². The summed E-state index contributed by atoms with van der Waals surface area (Å²) in [5.74, 6) is -2.86. The minimum Gasteiger partial charge on any atom is -0.355 e. The molecule has 0 radical (unpaired) electrons. The van der Waals surface area contributed by atoms with Gasteiger partial charge in [-0.2, -0.15) is 0 Å². The van der Waals surface area contributed by atoms with Crippen molar-refractivity contribution in [2.24, 2.45) is 0 Å². The Balaban J connectivity index is 2.18. The Kier molecular flexibility index (Phi) is 9.55. The van der Waals surface area contributed by atoms with E-state index in [1.807, 2.05) is 31.2 Å². The highest BCUT2D eigenvalue weighted by atomic mass is 32.2. The Labute approximate surface area is 199 Å². The number of hydrogen-bond donors (Lipinski definition) is 1. The van der Waals surface area contributed by atoms with Gasteiger partial charge in [0.2, 0.25) is 21.8 Å². The van der Waals surface area contributed by atoms with E-state index in [4.69, 9.17) is 0 Å². The zero-order valence-corrected chi connectivity index (χ0v) is 20.7. The number of hydrogen-bond acceptors (Lipinski definition) is 4. The second-order valence-electron chi connectivity index (χ2n) is 8.06. The number of anilines is 1. The first-order valence-corrected chi connectivity index (χ1v) is 12.8. The fraction of sp³-hybridized carbons (Fsp3) is 0.417. The molecule has 34 heavy (non-hydrogen) atoms. The van der Waals surface area contributed by atoms with Crippen molar-refractivity contribution in [3.8, 4) is 0 Å².